The number of rotatable bonds is 5. The summed E-state index contributed by atoms with van der Waals surface area (Å²) in [5, 5.41) is 14.4. The smallest absolute Gasteiger partial charge is 0.326 e. The van der Waals surface area contributed by atoms with Crippen molar-refractivity contribution in [3.05, 3.63) is 29.8 Å². The molecule has 1 heterocycles. The summed E-state index contributed by atoms with van der Waals surface area (Å²) in [6, 6.07) is 5.47. The molecule has 23 heavy (non-hydrogen) atoms. The molecule has 3 amide bonds. The summed E-state index contributed by atoms with van der Waals surface area (Å²) in [6.07, 6.45) is 0.830. The van der Waals surface area contributed by atoms with Crippen LogP contribution in [0.1, 0.15) is 30.6 Å². The zero-order valence-electron chi connectivity index (χ0n) is 13.2. The largest absolute Gasteiger partial charge is 0.480 e. The molecule has 0 spiro atoms. The molecule has 0 radical (unpaired) electrons. The van der Waals surface area contributed by atoms with E-state index in [0.717, 1.165) is 6.42 Å². The fraction of sp³-hybridized carbons (Fsp3) is 0.438. The van der Waals surface area contributed by atoms with Crippen LogP contribution in [0, 0.1) is 5.92 Å². The molecule has 0 saturated carbocycles. The molecule has 1 saturated heterocycles. The zero-order chi connectivity index (χ0) is 17.0. The van der Waals surface area contributed by atoms with Crippen molar-refractivity contribution in [2.45, 2.75) is 26.3 Å². The summed E-state index contributed by atoms with van der Waals surface area (Å²) in [6.45, 7) is 4.69. The van der Waals surface area contributed by atoms with Crippen molar-refractivity contribution >= 4 is 23.6 Å². The number of hydrogen-bond acceptors (Lipinski definition) is 3. The molecule has 1 aliphatic heterocycles. The maximum Gasteiger partial charge on any atom is 0.326 e. The van der Waals surface area contributed by atoms with Crippen LogP contribution >= 0.6 is 0 Å². The van der Waals surface area contributed by atoms with Gasteiger partial charge in [0.05, 0.1) is 0 Å². The summed E-state index contributed by atoms with van der Waals surface area (Å²) in [5.74, 6) is -1.77. The minimum Gasteiger partial charge on any atom is -0.480 e. The average Bonchev–Trinajstić information content (AvgIpc) is 2.52. The van der Waals surface area contributed by atoms with Crippen molar-refractivity contribution in [2.24, 2.45) is 5.92 Å². The lowest BCUT2D eigenvalue weighted by Crippen LogP contribution is -2.46. The molecule has 3 N–H and O–H groups in total. The predicted molar refractivity (Wildman–Crippen MR) is 85.5 cm³/mol. The van der Waals surface area contributed by atoms with Gasteiger partial charge < -0.3 is 15.7 Å². The minimum absolute atomic E-state index is 0.195. The van der Waals surface area contributed by atoms with Gasteiger partial charge in [0.15, 0.2) is 0 Å². The van der Waals surface area contributed by atoms with Crippen LogP contribution in [-0.2, 0) is 4.79 Å². The van der Waals surface area contributed by atoms with Gasteiger partial charge in [-0.3, -0.25) is 9.69 Å². The van der Waals surface area contributed by atoms with Crippen molar-refractivity contribution < 1.29 is 19.5 Å². The lowest BCUT2D eigenvalue weighted by Gasteiger charge is -2.27. The highest BCUT2D eigenvalue weighted by Gasteiger charge is 2.25. The van der Waals surface area contributed by atoms with E-state index in [4.69, 9.17) is 5.11 Å². The molecule has 7 nitrogen and oxygen atoms in total. The Bertz CT molecular complexity index is 615. The molecular weight excluding hydrogens is 298 g/mol. The maximum atomic E-state index is 12.3. The van der Waals surface area contributed by atoms with Crippen LogP contribution in [-0.4, -0.2) is 42.1 Å². The molecule has 7 heteroatoms. The Morgan fingerprint density at radius 3 is 2.70 bits per heavy atom. The number of carbonyl (C=O) groups is 3. The number of anilines is 1. The topological polar surface area (TPSA) is 98.7 Å². The van der Waals surface area contributed by atoms with Crippen LogP contribution in [0.3, 0.4) is 0 Å². The summed E-state index contributed by atoms with van der Waals surface area (Å²) < 4.78 is 0. The van der Waals surface area contributed by atoms with Gasteiger partial charge in [-0.1, -0.05) is 19.9 Å². The van der Waals surface area contributed by atoms with Crippen molar-refractivity contribution in [3.8, 4) is 0 Å². The first-order valence-corrected chi connectivity index (χ1v) is 7.59. The number of benzene rings is 1. The highest BCUT2D eigenvalue weighted by atomic mass is 16.4. The van der Waals surface area contributed by atoms with E-state index in [9.17, 15) is 14.4 Å². The van der Waals surface area contributed by atoms with Crippen molar-refractivity contribution in [1.82, 2.24) is 10.6 Å². The molecule has 0 bridgehead atoms. The maximum absolute atomic E-state index is 12.3. The SMILES string of the molecule is CC(C)[C@@H](NC(=O)c1cccc(N2CCCNC2=O)c1)C(=O)O. The Balaban J connectivity index is 2.17. The Morgan fingerprint density at radius 2 is 2.09 bits per heavy atom. The summed E-state index contributed by atoms with van der Waals surface area (Å²) in [7, 11) is 0. The summed E-state index contributed by atoms with van der Waals surface area (Å²) in [5.41, 5.74) is 0.944. The van der Waals surface area contributed by atoms with E-state index in [0.29, 0.717) is 24.3 Å². The first kappa shape index (κ1) is 16.8. The fourth-order valence-electron chi connectivity index (χ4n) is 2.43. The Labute approximate surface area is 134 Å². The number of nitrogens with one attached hydrogen (secondary N) is 2. The van der Waals surface area contributed by atoms with Crippen LogP contribution < -0.4 is 15.5 Å². The first-order chi connectivity index (χ1) is 10.9. The molecule has 1 fully saturated rings. The van der Waals surface area contributed by atoms with Crippen LogP contribution in [0.15, 0.2) is 24.3 Å². The van der Waals surface area contributed by atoms with Gasteiger partial charge in [0, 0.05) is 24.3 Å². The molecule has 124 valence electrons. The lowest BCUT2D eigenvalue weighted by atomic mass is 10.0. The van der Waals surface area contributed by atoms with Gasteiger partial charge in [0.1, 0.15) is 6.04 Å². The molecule has 0 unspecified atom stereocenters. The lowest BCUT2D eigenvalue weighted by molar-refractivity contribution is -0.140. The number of carboxylic acid groups (broad SMARTS) is 1. The highest BCUT2D eigenvalue weighted by Crippen LogP contribution is 2.18. The van der Waals surface area contributed by atoms with Gasteiger partial charge in [0.25, 0.3) is 5.91 Å². The number of aliphatic carboxylic acids is 1. The van der Waals surface area contributed by atoms with E-state index in [1.165, 1.54) is 0 Å². The molecule has 1 aliphatic rings. The Morgan fingerprint density at radius 1 is 1.35 bits per heavy atom. The monoisotopic (exact) mass is 319 g/mol. The average molecular weight is 319 g/mol. The second kappa shape index (κ2) is 7.13. The van der Waals surface area contributed by atoms with Gasteiger partial charge in [-0.05, 0) is 30.5 Å². The third-order valence-corrected chi connectivity index (χ3v) is 3.72. The highest BCUT2D eigenvalue weighted by molar-refractivity contribution is 5.99. The number of urea groups is 1. The predicted octanol–water partition coefficient (Wildman–Crippen LogP) is 1.45. The van der Waals surface area contributed by atoms with Crippen LogP contribution in [0.5, 0.6) is 0 Å². The molecule has 1 aromatic rings. The Hall–Kier alpha value is -2.57. The van der Waals surface area contributed by atoms with Crippen LogP contribution in [0.2, 0.25) is 0 Å². The van der Waals surface area contributed by atoms with Gasteiger partial charge in [-0.2, -0.15) is 0 Å². The fourth-order valence-corrected chi connectivity index (χ4v) is 2.43. The standard InChI is InChI=1S/C16H21N3O4/c1-10(2)13(15(21)22)18-14(20)11-5-3-6-12(9-11)19-8-4-7-17-16(19)23/h3,5-6,9-10,13H,4,7-8H2,1-2H3,(H,17,23)(H,18,20)(H,21,22)/t13-/m1/s1. The van der Waals surface area contributed by atoms with E-state index < -0.39 is 17.9 Å². The molecule has 0 aliphatic carbocycles. The molecular formula is C16H21N3O4. The number of nitrogens with zero attached hydrogens (tertiary/aromatic N) is 1. The minimum atomic E-state index is -1.07. The van der Waals surface area contributed by atoms with Crippen molar-refractivity contribution in [2.75, 3.05) is 18.0 Å². The summed E-state index contributed by atoms with van der Waals surface area (Å²) >= 11 is 0. The molecule has 1 aromatic carbocycles. The second-order valence-electron chi connectivity index (χ2n) is 5.82. The van der Waals surface area contributed by atoms with Gasteiger partial charge in [0.2, 0.25) is 0 Å². The van der Waals surface area contributed by atoms with Gasteiger partial charge in [-0.25, -0.2) is 9.59 Å². The quantitative estimate of drug-likeness (QED) is 0.765. The molecule has 2 rings (SSSR count). The van der Waals surface area contributed by atoms with Crippen molar-refractivity contribution in [1.29, 1.82) is 0 Å². The third-order valence-electron chi connectivity index (χ3n) is 3.72. The first-order valence-electron chi connectivity index (χ1n) is 7.59. The van der Waals surface area contributed by atoms with E-state index in [2.05, 4.69) is 10.6 Å². The number of carbonyl (C=O) groups excluding carboxylic acids is 2. The van der Waals surface area contributed by atoms with E-state index in [-0.39, 0.29) is 11.9 Å². The number of amides is 3. The Kier molecular flexibility index (Phi) is 5.20. The third kappa shape index (κ3) is 4.00. The van der Waals surface area contributed by atoms with E-state index in [1.807, 2.05) is 0 Å². The van der Waals surface area contributed by atoms with Crippen LogP contribution in [0.25, 0.3) is 0 Å². The second-order valence-corrected chi connectivity index (χ2v) is 5.82. The van der Waals surface area contributed by atoms with E-state index in [1.54, 1.807) is 43.0 Å². The molecule has 0 aromatic heterocycles. The van der Waals surface area contributed by atoms with Gasteiger partial charge in [-0.15, -0.1) is 0 Å². The number of hydrogen-bond donors (Lipinski definition) is 3. The van der Waals surface area contributed by atoms with Crippen molar-refractivity contribution in [3.63, 3.8) is 0 Å². The number of carboxylic acids is 1. The summed E-state index contributed by atoms with van der Waals surface area (Å²) in [4.78, 5) is 36.9. The zero-order valence-corrected chi connectivity index (χ0v) is 13.2. The molecule has 1 atom stereocenters. The van der Waals surface area contributed by atoms with Gasteiger partial charge >= 0.3 is 12.0 Å². The van der Waals surface area contributed by atoms with Crippen LogP contribution in [0.4, 0.5) is 10.5 Å². The normalized spacial score (nSPS) is 16.0. The van der Waals surface area contributed by atoms with E-state index >= 15 is 0 Å².